The van der Waals surface area contributed by atoms with Crippen LogP contribution in [0, 0.1) is 11.3 Å². The van der Waals surface area contributed by atoms with Gasteiger partial charge in [-0.3, -0.25) is 10.2 Å². The van der Waals surface area contributed by atoms with Crippen LogP contribution in [-0.4, -0.2) is 41.3 Å². The van der Waals surface area contributed by atoms with Crippen LogP contribution in [0.25, 0.3) is 0 Å². The van der Waals surface area contributed by atoms with Crippen molar-refractivity contribution in [3.8, 4) is 5.75 Å². The molecule has 184 valence electrons. The maximum Gasteiger partial charge on any atom is 0.182 e. The van der Waals surface area contributed by atoms with Gasteiger partial charge in [-0.1, -0.05) is 71.9 Å². The average Bonchev–Trinajstić information content (AvgIpc) is 3.09. The van der Waals surface area contributed by atoms with Gasteiger partial charge < -0.3 is 14.7 Å². The van der Waals surface area contributed by atoms with Crippen LogP contribution in [0.1, 0.15) is 81.4 Å². The van der Waals surface area contributed by atoms with E-state index in [1.807, 2.05) is 88.9 Å². The molecule has 2 N–H and O–H groups in total. The molecule has 3 rings (SSSR count). The van der Waals surface area contributed by atoms with Crippen molar-refractivity contribution in [3.63, 3.8) is 0 Å². The van der Waals surface area contributed by atoms with Gasteiger partial charge in [0.2, 0.25) is 0 Å². The number of likely N-dealkylation sites (tertiary alicyclic amines) is 1. The van der Waals surface area contributed by atoms with Crippen molar-refractivity contribution in [3.05, 3.63) is 64.7 Å². The van der Waals surface area contributed by atoms with Crippen LogP contribution in [0.2, 0.25) is 0 Å². The average molecular weight is 465 g/mol. The number of carbonyl (C=O) groups is 1. The summed E-state index contributed by atoms with van der Waals surface area (Å²) in [4.78, 5) is 15.2. The molecular weight excluding hydrogens is 424 g/mol. The van der Waals surface area contributed by atoms with E-state index in [2.05, 4.69) is 0 Å². The molecule has 5 heteroatoms. The maximum absolute atomic E-state index is 13.3. The first kappa shape index (κ1) is 26.0. The van der Waals surface area contributed by atoms with Gasteiger partial charge in [0.1, 0.15) is 5.75 Å². The highest BCUT2D eigenvalue weighted by Crippen LogP contribution is 2.40. The van der Waals surface area contributed by atoms with E-state index >= 15 is 0 Å². The molecule has 1 heterocycles. The molecule has 0 unspecified atom stereocenters. The third-order valence-electron chi connectivity index (χ3n) is 6.58. The van der Waals surface area contributed by atoms with Gasteiger partial charge in [-0.15, -0.1) is 0 Å². The Kier molecular flexibility index (Phi) is 7.87. The first-order valence-corrected chi connectivity index (χ1v) is 12.2. The second-order valence-corrected chi connectivity index (χ2v) is 11.5. The molecule has 0 aliphatic carbocycles. The van der Waals surface area contributed by atoms with Crippen molar-refractivity contribution in [2.45, 2.75) is 71.8 Å². The van der Waals surface area contributed by atoms with Gasteiger partial charge in [0.25, 0.3) is 0 Å². The summed E-state index contributed by atoms with van der Waals surface area (Å²) in [7, 11) is 0. The van der Waals surface area contributed by atoms with E-state index in [9.17, 15) is 9.90 Å². The molecule has 0 bridgehead atoms. The van der Waals surface area contributed by atoms with Crippen molar-refractivity contribution in [1.82, 2.24) is 4.90 Å². The van der Waals surface area contributed by atoms with E-state index in [1.165, 1.54) is 0 Å². The van der Waals surface area contributed by atoms with Crippen LogP contribution >= 0.6 is 0 Å². The SMILES string of the molecule is CC(C)(C)c1cc(C(=O)CN2CC[C@@H](CCOCc3ccccc3)C2=N)cc(C(C)(C)C)c1O. The Labute approximate surface area is 204 Å². The lowest BCUT2D eigenvalue weighted by Crippen LogP contribution is -2.33. The number of benzene rings is 2. The van der Waals surface area contributed by atoms with Gasteiger partial charge in [-0.2, -0.15) is 0 Å². The molecule has 0 saturated carbocycles. The monoisotopic (exact) mass is 464 g/mol. The fourth-order valence-electron chi connectivity index (χ4n) is 4.47. The number of nitrogens with zero attached hydrogens (tertiary/aromatic N) is 1. The molecule has 1 aliphatic heterocycles. The third-order valence-corrected chi connectivity index (χ3v) is 6.58. The number of phenolic OH excluding ortho intramolecular Hbond substituents is 1. The number of Topliss-reactive ketones (excluding diaryl/α,β-unsaturated/α-hetero) is 1. The van der Waals surface area contributed by atoms with Crippen LogP contribution in [-0.2, 0) is 22.2 Å². The number of phenols is 1. The topological polar surface area (TPSA) is 73.6 Å². The highest BCUT2D eigenvalue weighted by molar-refractivity contribution is 6.00. The van der Waals surface area contributed by atoms with Gasteiger partial charge in [0.15, 0.2) is 5.78 Å². The smallest absolute Gasteiger partial charge is 0.182 e. The number of rotatable bonds is 8. The Bertz CT molecular complexity index is 981. The number of nitrogens with one attached hydrogen (secondary N) is 1. The lowest BCUT2D eigenvalue weighted by atomic mass is 9.78. The first-order valence-electron chi connectivity index (χ1n) is 12.2. The number of hydrogen-bond acceptors (Lipinski definition) is 4. The van der Waals surface area contributed by atoms with Crippen molar-refractivity contribution in [2.24, 2.45) is 5.92 Å². The molecule has 2 aromatic carbocycles. The molecule has 0 aromatic heterocycles. The molecular formula is C29H40N2O3. The maximum atomic E-state index is 13.3. The molecule has 1 atom stereocenters. The summed E-state index contributed by atoms with van der Waals surface area (Å²) >= 11 is 0. The fraction of sp³-hybridized carbons (Fsp3) is 0.517. The van der Waals surface area contributed by atoms with Gasteiger partial charge in [-0.05, 0) is 41.4 Å². The zero-order valence-electron chi connectivity index (χ0n) is 21.6. The van der Waals surface area contributed by atoms with Crippen LogP contribution in [0.3, 0.4) is 0 Å². The normalized spacial score (nSPS) is 16.8. The summed E-state index contributed by atoms with van der Waals surface area (Å²) in [6.07, 6.45) is 1.66. The number of ketones is 1. The number of hydrogen-bond donors (Lipinski definition) is 2. The highest BCUT2D eigenvalue weighted by Gasteiger charge is 2.31. The molecule has 1 saturated heterocycles. The molecule has 5 nitrogen and oxygen atoms in total. The van der Waals surface area contributed by atoms with Crippen LogP contribution in [0.15, 0.2) is 42.5 Å². The largest absolute Gasteiger partial charge is 0.507 e. The Morgan fingerprint density at radius 1 is 1.06 bits per heavy atom. The second kappa shape index (κ2) is 10.3. The summed E-state index contributed by atoms with van der Waals surface area (Å²) in [6.45, 7) is 14.4. The minimum absolute atomic E-state index is 0.0123. The van der Waals surface area contributed by atoms with Gasteiger partial charge in [-0.25, -0.2) is 0 Å². The van der Waals surface area contributed by atoms with E-state index in [-0.39, 0.29) is 34.8 Å². The number of aromatic hydroxyl groups is 1. The molecule has 2 aromatic rings. The molecule has 0 radical (unpaired) electrons. The zero-order chi connectivity index (χ0) is 25.1. The van der Waals surface area contributed by atoms with Gasteiger partial charge in [0.05, 0.1) is 19.0 Å². The fourth-order valence-corrected chi connectivity index (χ4v) is 4.47. The quantitative estimate of drug-likeness (QED) is 0.367. The summed E-state index contributed by atoms with van der Waals surface area (Å²) in [5.41, 5.74) is 2.75. The van der Waals surface area contributed by atoms with Gasteiger partial charge in [0, 0.05) is 35.8 Å². The van der Waals surface area contributed by atoms with E-state index < -0.39 is 0 Å². The predicted molar refractivity (Wildman–Crippen MR) is 138 cm³/mol. The highest BCUT2D eigenvalue weighted by atomic mass is 16.5. The van der Waals surface area contributed by atoms with E-state index in [4.69, 9.17) is 10.1 Å². The predicted octanol–water partition coefficient (Wildman–Crippen LogP) is 6.08. The second-order valence-electron chi connectivity index (χ2n) is 11.5. The Balaban J connectivity index is 1.63. The Morgan fingerprint density at radius 3 is 2.21 bits per heavy atom. The van der Waals surface area contributed by atoms with Crippen molar-refractivity contribution in [2.75, 3.05) is 19.7 Å². The number of carbonyl (C=O) groups excluding carboxylic acids is 1. The third kappa shape index (κ3) is 6.26. The minimum atomic E-state index is -0.286. The summed E-state index contributed by atoms with van der Waals surface area (Å²) < 4.78 is 5.81. The minimum Gasteiger partial charge on any atom is -0.507 e. The van der Waals surface area contributed by atoms with E-state index in [0.717, 1.165) is 29.5 Å². The Hall–Kier alpha value is -2.66. The first-order chi connectivity index (χ1) is 15.9. The van der Waals surface area contributed by atoms with E-state index in [1.54, 1.807) is 0 Å². The summed E-state index contributed by atoms with van der Waals surface area (Å²) in [5, 5.41) is 19.5. The number of ether oxygens (including phenoxy) is 1. The molecule has 0 spiro atoms. The van der Waals surface area contributed by atoms with E-state index in [0.29, 0.717) is 31.2 Å². The van der Waals surface area contributed by atoms with Crippen LogP contribution in [0.4, 0.5) is 0 Å². The molecule has 1 fully saturated rings. The molecule has 34 heavy (non-hydrogen) atoms. The van der Waals surface area contributed by atoms with Crippen molar-refractivity contribution < 1.29 is 14.6 Å². The summed E-state index contributed by atoms with van der Waals surface area (Å²) in [6, 6.07) is 13.8. The Morgan fingerprint density at radius 2 is 1.65 bits per heavy atom. The lowest BCUT2D eigenvalue weighted by Gasteiger charge is -2.28. The summed E-state index contributed by atoms with van der Waals surface area (Å²) in [5.74, 6) is 0.920. The van der Waals surface area contributed by atoms with Crippen molar-refractivity contribution >= 4 is 11.6 Å². The molecule has 0 amide bonds. The lowest BCUT2D eigenvalue weighted by molar-refractivity contribution is 0.0965. The standard InChI is InChI=1S/C29H40N2O3/c1-28(2,3)23-16-22(17-24(26(23)33)29(4,5)6)25(32)18-31-14-12-21(27(31)30)13-15-34-19-20-10-8-7-9-11-20/h7-11,16-17,21,30,33H,12-15,18-19H2,1-6H3/t21-/m0/s1. The molecule has 1 aliphatic rings. The zero-order valence-corrected chi connectivity index (χ0v) is 21.6. The van der Waals surface area contributed by atoms with Gasteiger partial charge >= 0.3 is 0 Å². The van der Waals surface area contributed by atoms with Crippen LogP contribution in [0.5, 0.6) is 5.75 Å². The number of amidine groups is 1. The van der Waals surface area contributed by atoms with Crippen LogP contribution < -0.4 is 0 Å². The van der Waals surface area contributed by atoms with Crippen molar-refractivity contribution in [1.29, 1.82) is 5.41 Å².